The van der Waals surface area contributed by atoms with Crippen LogP contribution in [0.1, 0.15) is 27.2 Å². The predicted octanol–water partition coefficient (Wildman–Crippen LogP) is 0.981. The van der Waals surface area contributed by atoms with E-state index in [-0.39, 0.29) is 12.2 Å². The van der Waals surface area contributed by atoms with Crippen LogP contribution in [-0.2, 0) is 14.8 Å². The van der Waals surface area contributed by atoms with Gasteiger partial charge in [0.1, 0.15) is 0 Å². The molecule has 1 atom stereocenters. The number of rotatable bonds is 6. The highest BCUT2D eigenvalue weighted by molar-refractivity contribution is 7.89. The van der Waals surface area contributed by atoms with Crippen LogP contribution in [0.4, 0.5) is 0 Å². The lowest BCUT2D eigenvalue weighted by atomic mass is 9.85. The maximum atomic E-state index is 11.5. The Kier molecular flexibility index (Phi) is 5.15. The van der Waals surface area contributed by atoms with E-state index in [4.69, 9.17) is 5.11 Å². The zero-order valence-corrected chi connectivity index (χ0v) is 10.7. The molecule has 0 heterocycles. The SMILES string of the molecule is C=CCS(=O)(=O)NC(CC(=O)O)C(C)(C)C. The van der Waals surface area contributed by atoms with Crippen LogP contribution in [0.2, 0.25) is 0 Å². The molecule has 0 saturated heterocycles. The molecule has 0 aromatic heterocycles. The molecule has 0 aliphatic rings. The third kappa shape index (κ3) is 5.87. The van der Waals surface area contributed by atoms with Gasteiger partial charge in [0, 0.05) is 6.04 Å². The molecule has 5 nitrogen and oxygen atoms in total. The molecule has 0 spiro atoms. The molecule has 1 unspecified atom stereocenters. The minimum Gasteiger partial charge on any atom is -0.481 e. The van der Waals surface area contributed by atoms with Crippen molar-refractivity contribution in [1.29, 1.82) is 0 Å². The summed E-state index contributed by atoms with van der Waals surface area (Å²) in [5.41, 5.74) is -0.452. The Bertz CT molecular complexity index is 354. The molecule has 0 amide bonds. The van der Waals surface area contributed by atoms with Gasteiger partial charge in [-0.2, -0.15) is 0 Å². The highest BCUT2D eigenvalue weighted by atomic mass is 32.2. The van der Waals surface area contributed by atoms with Gasteiger partial charge in [0.15, 0.2) is 0 Å². The van der Waals surface area contributed by atoms with Gasteiger partial charge in [-0.25, -0.2) is 13.1 Å². The van der Waals surface area contributed by atoms with Crippen molar-refractivity contribution >= 4 is 16.0 Å². The van der Waals surface area contributed by atoms with Crippen molar-refractivity contribution in [1.82, 2.24) is 4.72 Å². The fourth-order valence-corrected chi connectivity index (χ4v) is 2.40. The van der Waals surface area contributed by atoms with Crippen molar-refractivity contribution in [2.24, 2.45) is 5.41 Å². The van der Waals surface area contributed by atoms with Crippen molar-refractivity contribution in [3.05, 3.63) is 12.7 Å². The summed E-state index contributed by atoms with van der Waals surface area (Å²) in [5, 5.41) is 8.72. The molecular weight excluding hydrogens is 230 g/mol. The molecule has 0 aromatic carbocycles. The van der Waals surface area contributed by atoms with Crippen molar-refractivity contribution in [3.63, 3.8) is 0 Å². The molecule has 16 heavy (non-hydrogen) atoms. The van der Waals surface area contributed by atoms with Crippen molar-refractivity contribution in [2.45, 2.75) is 33.2 Å². The molecular formula is C10H19NO4S. The molecule has 0 aromatic rings. The molecule has 0 bridgehead atoms. The second-order valence-electron chi connectivity index (χ2n) is 4.70. The maximum Gasteiger partial charge on any atom is 0.304 e. The summed E-state index contributed by atoms with van der Waals surface area (Å²) >= 11 is 0. The Labute approximate surface area is 96.6 Å². The first-order valence-corrected chi connectivity index (χ1v) is 6.56. The Balaban J connectivity index is 4.81. The molecule has 0 saturated carbocycles. The minimum absolute atomic E-state index is 0.209. The van der Waals surface area contributed by atoms with E-state index in [1.54, 1.807) is 20.8 Å². The Hall–Kier alpha value is -0.880. The molecule has 0 aliphatic heterocycles. The minimum atomic E-state index is -3.49. The average molecular weight is 249 g/mol. The summed E-state index contributed by atoms with van der Waals surface area (Å²) in [6, 6.07) is -0.630. The van der Waals surface area contributed by atoms with Crippen LogP contribution in [0.5, 0.6) is 0 Å². The number of aliphatic carboxylic acids is 1. The van der Waals surface area contributed by atoms with Gasteiger partial charge in [0.25, 0.3) is 0 Å². The summed E-state index contributed by atoms with van der Waals surface area (Å²) in [6.07, 6.45) is 1.03. The van der Waals surface area contributed by atoms with Gasteiger partial charge in [-0.1, -0.05) is 26.8 Å². The van der Waals surface area contributed by atoms with Gasteiger partial charge in [0.05, 0.1) is 12.2 Å². The van der Waals surface area contributed by atoms with E-state index >= 15 is 0 Å². The van der Waals surface area contributed by atoms with Gasteiger partial charge in [-0.05, 0) is 5.41 Å². The van der Waals surface area contributed by atoms with Gasteiger partial charge in [-0.3, -0.25) is 4.79 Å². The van der Waals surface area contributed by atoms with Gasteiger partial charge in [-0.15, -0.1) is 6.58 Å². The van der Waals surface area contributed by atoms with E-state index in [0.717, 1.165) is 0 Å². The van der Waals surface area contributed by atoms with Gasteiger partial charge >= 0.3 is 5.97 Å². The molecule has 2 N–H and O–H groups in total. The van der Waals surface area contributed by atoms with Gasteiger partial charge in [0.2, 0.25) is 10.0 Å². The van der Waals surface area contributed by atoms with Crippen molar-refractivity contribution in [3.8, 4) is 0 Å². The van der Waals surface area contributed by atoms with Crippen molar-refractivity contribution in [2.75, 3.05) is 5.75 Å². The first kappa shape index (κ1) is 15.1. The lowest BCUT2D eigenvalue weighted by molar-refractivity contribution is -0.138. The highest BCUT2D eigenvalue weighted by Crippen LogP contribution is 2.22. The van der Waals surface area contributed by atoms with E-state index in [1.165, 1.54) is 6.08 Å². The van der Waals surface area contributed by atoms with Crippen LogP contribution in [0.3, 0.4) is 0 Å². The normalized spacial score (nSPS) is 14.4. The molecule has 0 rings (SSSR count). The zero-order chi connectivity index (χ0) is 13.0. The monoisotopic (exact) mass is 249 g/mol. The summed E-state index contributed by atoms with van der Waals surface area (Å²) in [6.45, 7) is 8.71. The van der Waals surface area contributed by atoms with E-state index in [0.29, 0.717) is 0 Å². The molecule has 0 fully saturated rings. The molecule has 6 heteroatoms. The average Bonchev–Trinajstić information content (AvgIpc) is 1.99. The number of hydrogen-bond acceptors (Lipinski definition) is 3. The summed E-state index contributed by atoms with van der Waals surface area (Å²) in [5.74, 6) is -1.24. The topological polar surface area (TPSA) is 83.5 Å². The standard InChI is InChI=1S/C10H19NO4S/c1-5-6-16(14,15)11-8(7-9(12)13)10(2,3)4/h5,8,11H,1,6-7H2,2-4H3,(H,12,13). The van der Waals surface area contributed by atoms with Crippen LogP contribution in [0.15, 0.2) is 12.7 Å². The third-order valence-electron chi connectivity index (χ3n) is 2.08. The Morgan fingerprint density at radius 1 is 1.50 bits per heavy atom. The second kappa shape index (κ2) is 5.45. The van der Waals surface area contributed by atoms with E-state index < -0.39 is 27.4 Å². The van der Waals surface area contributed by atoms with Gasteiger partial charge < -0.3 is 5.11 Å². The number of nitrogens with one attached hydrogen (secondary N) is 1. The van der Waals surface area contributed by atoms with E-state index in [9.17, 15) is 13.2 Å². The Morgan fingerprint density at radius 2 is 2.00 bits per heavy atom. The number of carbonyl (C=O) groups is 1. The first-order chi connectivity index (χ1) is 7.08. The quantitative estimate of drug-likeness (QED) is 0.687. The van der Waals surface area contributed by atoms with Crippen LogP contribution < -0.4 is 4.72 Å². The van der Waals surface area contributed by atoms with Crippen molar-refractivity contribution < 1.29 is 18.3 Å². The smallest absolute Gasteiger partial charge is 0.304 e. The first-order valence-electron chi connectivity index (χ1n) is 4.91. The van der Waals surface area contributed by atoms with Crippen LogP contribution in [0.25, 0.3) is 0 Å². The molecule has 0 radical (unpaired) electrons. The fraction of sp³-hybridized carbons (Fsp3) is 0.700. The largest absolute Gasteiger partial charge is 0.481 e. The van der Waals surface area contributed by atoms with Crippen LogP contribution in [0, 0.1) is 5.41 Å². The maximum absolute atomic E-state index is 11.5. The molecule has 94 valence electrons. The van der Waals surface area contributed by atoms with E-state index in [1.807, 2.05) is 0 Å². The highest BCUT2D eigenvalue weighted by Gasteiger charge is 2.30. The summed E-state index contributed by atoms with van der Waals surface area (Å²) in [4.78, 5) is 10.6. The predicted molar refractivity (Wildman–Crippen MR) is 62.6 cm³/mol. The Morgan fingerprint density at radius 3 is 2.31 bits per heavy atom. The number of sulfonamides is 1. The fourth-order valence-electron chi connectivity index (χ4n) is 1.12. The molecule has 0 aliphatic carbocycles. The lowest BCUT2D eigenvalue weighted by Crippen LogP contribution is -2.45. The number of carboxylic acid groups (broad SMARTS) is 1. The number of hydrogen-bond donors (Lipinski definition) is 2. The van der Waals surface area contributed by atoms with E-state index in [2.05, 4.69) is 11.3 Å². The summed E-state index contributed by atoms with van der Waals surface area (Å²) in [7, 11) is -3.49. The number of carboxylic acids is 1. The lowest BCUT2D eigenvalue weighted by Gasteiger charge is -2.29. The third-order valence-corrected chi connectivity index (χ3v) is 3.40. The van der Waals surface area contributed by atoms with Crippen LogP contribution in [-0.4, -0.2) is 31.3 Å². The summed E-state index contributed by atoms with van der Waals surface area (Å²) < 4.78 is 25.4. The zero-order valence-electron chi connectivity index (χ0n) is 9.86. The van der Waals surface area contributed by atoms with Crippen LogP contribution >= 0.6 is 0 Å². The second-order valence-corrected chi connectivity index (χ2v) is 6.50.